The highest BCUT2D eigenvalue weighted by Gasteiger charge is 2.40. The van der Waals surface area contributed by atoms with Gasteiger partial charge in [0.05, 0.1) is 56.5 Å². The van der Waals surface area contributed by atoms with E-state index in [1.54, 1.807) is 0 Å². The lowest BCUT2D eigenvalue weighted by Gasteiger charge is -2.23. The molecule has 4 aromatic carbocycles. The molecular formula is C43H38F2N4O14. The van der Waals surface area contributed by atoms with E-state index in [0.717, 1.165) is 48.1 Å². The Bertz CT molecular complexity index is 2530. The molecule has 2 aliphatic rings. The molecule has 2 heterocycles. The zero-order valence-electron chi connectivity index (χ0n) is 34.0. The molecule has 328 valence electrons. The van der Waals surface area contributed by atoms with Crippen molar-refractivity contribution in [2.24, 2.45) is 0 Å². The lowest BCUT2D eigenvalue weighted by Crippen LogP contribution is -2.39. The van der Waals surface area contributed by atoms with Gasteiger partial charge in [-0.2, -0.15) is 0 Å². The fraction of sp³-hybridized carbons (Fsp3) is 0.256. The van der Waals surface area contributed by atoms with E-state index in [-0.39, 0.29) is 55.5 Å². The fourth-order valence-electron chi connectivity index (χ4n) is 6.92. The molecule has 0 radical (unpaired) electrons. The van der Waals surface area contributed by atoms with Crippen LogP contribution in [0, 0.1) is 31.9 Å². The molecular weight excluding hydrogens is 834 g/mol. The van der Waals surface area contributed by atoms with Gasteiger partial charge in [-0.15, -0.1) is 0 Å². The van der Waals surface area contributed by atoms with Crippen LogP contribution in [0.1, 0.15) is 58.0 Å². The highest BCUT2D eigenvalue weighted by molar-refractivity contribution is 6.03. The smallest absolute Gasteiger partial charge is 0.329 e. The molecule has 0 aliphatic carbocycles. The first-order chi connectivity index (χ1) is 30.1. The Morgan fingerprint density at radius 2 is 1.11 bits per heavy atom. The van der Waals surface area contributed by atoms with Gasteiger partial charge in [0.25, 0.3) is 23.2 Å². The molecule has 0 aromatic heterocycles. The number of halogens is 2. The predicted molar refractivity (Wildman–Crippen MR) is 217 cm³/mol. The average molecular weight is 873 g/mol. The van der Waals surface area contributed by atoms with Crippen LogP contribution in [0.4, 0.5) is 20.2 Å². The molecule has 0 unspecified atom stereocenters. The molecule has 0 N–H and O–H groups in total. The van der Waals surface area contributed by atoms with Crippen LogP contribution in [0.5, 0.6) is 23.0 Å². The molecule has 2 amide bonds. The molecule has 2 atom stereocenters. The zero-order valence-corrected chi connectivity index (χ0v) is 34.0. The second-order valence-corrected chi connectivity index (χ2v) is 13.9. The lowest BCUT2D eigenvalue weighted by molar-refractivity contribution is -0.385. The van der Waals surface area contributed by atoms with Gasteiger partial charge in [-0.1, -0.05) is 24.3 Å². The van der Waals surface area contributed by atoms with Gasteiger partial charge in [-0.3, -0.25) is 44.4 Å². The summed E-state index contributed by atoms with van der Waals surface area (Å²) in [6.07, 6.45) is 1.68. The Labute approximate surface area is 357 Å². The van der Waals surface area contributed by atoms with Crippen LogP contribution in [0.25, 0.3) is 11.1 Å². The second-order valence-electron chi connectivity index (χ2n) is 13.9. The minimum absolute atomic E-state index is 0.00516. The molecule has 18 nitrogen and oxygen atoms in total. The first-order valence-corrected chi connectivity index (χ1v) is 19.0. The number of esters is 2. The Kier molecular flexibility index (Phi) is 13.6. The molecule has 0 fully saturated rings. The summed E-state index contributed by atoms with van der Waals surface area (Å²) in [6.45, 7) is 0.863. The number of methoxy groups -OCH3 is 3. The van der Waals surface area contributed by atoms with Crippen LogP contribution in [0.15, 0.2) is 85.2 Å². The van der Waals surface area contributed by atoms with Crippen LogP contribution in [-0.4, -0.2) is 90.2 Å². The Balaban J connectivity index is 1.17. The summed E-state index contributed by atoms with van der Waals surface area (Å²) >= 11 is 0. The number of ether oxygens (including phenoxy) is 6. The number of rotatable bonds is 16. The number of nitro groups is 2. The number of benzene rings is 4. The van der Waals surface area contributed by atoms with Crippen molar-refractivity contribution in [3.05, 3.63) is 139 Å². The van der Waals surface area contributed by atoms with Crippen LogP contribution in [0.3, 0.4) is 0 Å². The molecule has 63 heavy (non-hydrogen) atoms. The van der Waals surface area contributed by atoms with E-state index in [0.29, 0.717) is 22.3 Å². The van der Waals surface area contributed by atoms with Gasteiger partial charge in [0.15, 0.2) is 29.2 Å². The molecule has 0 spiro atoms. The van der Waals surface area contributed by atoms with E-state index in [1.807, 2.05) is 0 Å². The van der Waals surface area contributed by atoms with Crippen molar-refractivity contribution in [2.75, 3.05) is 34.5 Å². The molecule has 4 aromatic rings. The number of amides is 2. The summed E-state index contributed by atoms with van der Waals surface area (Å²) in [7, 11) is 3.64. The topological polar surface area (TPSA) is 216 Å². The first kappa shape index (κ1) is 44.6. The Hall–Kier alpha value is -7.90. The largest absolute Gasteiger partial charge is 0.493 e. The number of nitrogens with zero attached hydrogens (tertiary/aromatic N) is 4. The van der Waals surface area contributed by atoms with E-state index < -0.39 is 80.0 Å². The standard InChI is InChI=1S/C43H38F2N4O14/c1-24(50)63-40-17-28(26-8-12-30(45)13-9-26)23-47(40)42(52)32-19-37(59-3)39(21-34(32)49(56)57)62-15-5-14-61-38-20-33(48(54)55)31(18-36(38)58-2)41(51)46-22-27(16-35(46)43(53)60-4)25-6-10-29(44)11-7-25/h6-13,18-23,35,40H,5,14-17H2,1-4H3/t35-,40+/m0/s1. The summed E-state index contributed by atoms with van der Waals surface area (Å²) in [5, 5.41) is 24.6. The number of nitro benzene ring substituents is 2. The van der Waals surface area contributed by atoms with E-state index in [2.05, 4.69) is 0 Å². The van der Waals surface area contributed by atoms with E-state index >= 15 is 0 Å². The molecule has 20 heteroatoms. The SMILES string of the molecule is COC(=O)[C@@H]1CC(c2ccc(F)cc2)=CN1C(=O)c1cc(OC)c(OCCCOc2cc([N+](=O)[O-])c(C(=O)N3C=C(c4ccc(F)cc4)C[C@H]3OC(C)=O)cc2OC)cc1[N+](=O)[O-]. The van der Waals surface area contributed by atoms with E-state index in [9.17, 15) is 48.2 Å². The Morgan fingerprint density at radius 1 is 0.667 bits per heavy atom. The van der Waals surface area contributed by atoms with Gasteiger partial charge in [0, 0.05) is 50.7 Å². The minimum Gasteiger partial charge on any atom is -0.493 e. The van der Waals surface area contributed by atoms with Gasteiger partial charge in [-0.25, -0.2) is 13.6 Å². The van der Waals surface area contributed by atoms with Crippen molar-refractivity contribution in [2.45, 2.75) is 38.5 Å². The number of hydrogen-bond donors (Lipinski definition) is 0. The van der Waals surface area contributed by atoms with Crippen molar-refractivity contribution in [3.63, 3.8) is 0 Å². The van der Waals surface area contributed by atoms with Gasteiger partial charge < -0.3 is 28.4 Å². The first-order valence-electron chi connectivity index (χ1n) is 19.0. The normalized spacial score (nSPS) is 15.5. The van der Waals surface area contributed by atoms with Crippen molar-refractivity contribution in [1.29, 1.82) is 0 Å². The lowest BCUT2D eigenvalue weighted by atomic mass is 10.0. The maximum Gasteiger partial charge on any atom is 0.329 e. The van der Waals surface area contributed by atoms with Gasteiger partial charge in [0.1, 0.15) is 28.8 Å². The van der Waals surface area contributed by atoms with Crippen molar-refractivity contribution in [3.8, 4) is 23.0 Å². The highest BCUT2D eigenvalue weighted by Crippen LogP contribution is 2.40. The van der Waals surface area contributed by atoms with Crippen LogP contribution >= 0.6 is 0 Å². The van der Waals surface area contributed by atoms with Crippen molar-refractivity contribution in [1.82, 2.24) is 9.80 Å². The number of carbonyl (C=O) groups excluding carboxylic acids is 4. The second kappa shape index (κ2) is 19.2. The van der Waals surface area contributed by atoms with Crippen molar-refractivity contribution >= 4 is 46.3 Å². The third-order valence-electron chi connectivity index (χ3n) is 9.94. The van der Waals surface area contributed by atoms with Gasteiger partial charge in [-0.05, 0) is 46.5 Å². The van der Waals surface area contributed by atoms with Crippen LogP contribution in [0.2, 0.25) is 0 Å². The minimum atomic E-state index is -1.18. The fourth-order valence-corrected chi connectivity index (χ4v) is 6.92. The molecule has 2 aliphatic heterocycles. The zero-order chi connectivity index (χ0) is 45.5. The Morgan fingerprint density at radius 3 is 1.54 bits per heavy atom. The van der Waals surface area contributed by atoms with E-state index in [1.165, 1.54) is 75.2 Å². The summed E-state index contributed by atoms with van der Waals surface area (Å²) in [5.74, 6) is -4.62. The quantitative estimate of drug-likeness (QED) is 0.0487. The summed E-state index contributed by atoms with van der Waals surface area (Å²) in [6, 6.07) is 13.8. The van der Waals surface area contributed by atoms with Crippen LogP contribution < -0.4 is 18.9 Å². The van der Waals surface area contributed by atoms with Gasteiger partial charge >= 0.3 is 11.9 Å². The third kappa shape index (κ3) is 9.85. The maximum atomic E-state index is 13.9. The van der Waals surface area contributed by atoms with Crippen molar-refractivity contribution < 1.29 is 66.2 Å². The van der Waals surface area contributed by atoms with Gasteiger partial charge in [0.2, 0.25) is 0 Å². The monoisotopic (exact) mass is 872 g/mol. The summed E-state index contributed by atoms with van der Waals surface area (Å²) in [4.78, 5) is 77.5. The van der Waals surface area contributed by atoms with Crippen LogP contribution in [-0.2, 0) is 19.1 Å². The molecule has 0 saturated heterocycles. The molecule has 0 saturated carbocycles. The van der Waals surface area contributed by atoms with E-state index in [4.69, 9.17) is 28.4 Å². The summed E-state index contributed by atoms with van der Waals surface area (Å²) in [5.41, 5.74) is -0.102. The average Bonchev–Trinajstić information content (AvgIpc) is 3.90. The number of carbonyl (C=O) groups is 4. The summed E-state index contributed by atoms with van der Waals surface area (Å²) < 4.78 is 59.8. The predicted octanol–water partition coefficient (Wildman–Crippen LogP) is 6.85. The maximum absolute atomic E-state index is 13.9. The third-order valence-corrected chi connectivity index (χ3v) is 9.94. The highest BCUT2D eigenvalue weighted by atomic mass is 19.1. The molecule has 0 bridgehead atoms. The molecule has 6 rings (SSSR count). The number of hydrogen-bond acceptors (Lipinski definition) is 14.